The molecule has 4 nitrogen and oxygen atoms in total. The van der Waals surface area contributed by atoms with Crippen LogP contribution in [0.15, 0.2) is 59.4 Å². The van der Waals surface area contributed by atoms with Gasteiger partial charge in [-0.2, -0.15) is 0 Å². The molecular weight excluding hydrogens is 212 g/mol. The zero-order chi connectivity index (χ0) is 13.0. The summed E-state index contributed by atoms with van der Waals surface area (Å²) in [6, 6.07) is -0.455. The van der Waals surface area contributed by atoms with E-state index in [4.69, 9.17) is 22.6 Å². The Morgan fingerprint density at radius 2 is 2.18 bits per heavy atom. The molecule has 90 valence electrons. The maximum Gasteiger partial charge on any atom is 0.123 e. The van der Waals surface area contributed by atoms with E-state index in [1.165, 1.54) is 0 Å². The van der Waals surface area contributed by atoms with E-state index >= 15 is 0 Å². The van der Waals surface area contributed by atoms with E-state index in [1.54, 1.807) is 18.2 Å². The lowest BCUT2D eigenvalue weighted by atomic mass is 9.87. The zero-order valence-electron chi connectivity index (χ0n) is 9.90. The van der Waals surface area contributed by atoms with Gasteiger partial charge in [0.1, 0.15) is 5.84 Å². The zero-order valence-corrected chi connectivity index (χ0v) is 9.90. The summed E-state index contributed by atoms with van der Waals surface area (Å²) in [6.45, 7) is 5.51. The quantitative estimate of drug-likeness (QED) is 0.431. The first-order valence-corrected chi connectivity index (χ1v) is 5.29. The molecule has 0 aromatic heterocycles. The van der Waals surface area contributed by atoms with Gasteiger partial charge in [0.25, 0.3) is 0 Å². The van der Waals surface area contributed by atoms with Crippen LogP contribution in [-0.4, -0.2) is 11.9 Å². The Labute approximate surface area is 101 Å². The van der Waals surface area contributed by atoms with E-state index in [0.29, 0.717) is 11.3 Å². The monoisotopic (exact) mass is 230 g/mol. The first kappa shape index (κ1) is 13.0. The first-order chi connectivity index (χ1) is 8.02. The molecule has 0 spiro atoms. The Kier molecular flexibility index (Phi) is 4.06. The van der Waals surface area contributed by atoms with Gasteiger partial charge in [0.05, 0.1) is 6.04 Å². The fourth-order valence-electron chi connectivity index (χ4n) is 1.71. The van der Waals surface area contributed by atoms with Gasteiger partial charge in [-0.3, -0.25) is 5.41 Å². The van der Waals surface area contributed by atoms with Crippen LogP contribution in [0.5, 0.6) is 0 Å². The summed E-state index contributed by atoms with van der Waals surface area (Å²) >= 11 is 0. The van der Waals surface area contributed by atoms with Crippen molar-refractivity contribution < 1.29 is 0 Å². The standard InChI is InChI=1S/C13H18N4/c1-3-5-8-7-10(13(16)17)9(6-4-2)12(15)11(8)14/h3-7,12H,2,14-15H2,1H3,(H3,16,17)/b5-3-,9-6-. The van der Waals surface area contributed by atoms with E-state index in [2.05, 4.69) is 6.58 Å². The normalized spacial score (nSPS) is 23.1. The molecule has 0 fully saturated rings. The highest BCUT2D eigenvalue weighted by molar-refractivity contribution is 6.00. The summed E-state index contributed by atoms with van der Waals surface area (Å²) in [5.74, 6) is -0.0250. The van der Waals surface area contributed by atoms with Crippen LogP contribution < -0.4 is 17.2 Å². The van der Waals surface area contributed by atoms with Crippen LogP contribution in [-0.2, 0) is 0 Å². The number of hydrogen-bond acceptors (Lipinski definition) is 3. The van der Waals surface area contributed by atoms with Gasteiger partial charge in [0.15, 0.2) is 0 Å². The van der Waals surface area contributed by atoms with Gasteiger partial charge in [-0.05, 0) is 24.1 Å². The van der Waals surface area contributed by atoms with Crippen molar-refractivity contribution in [2.45, 2.75) is 13.0 Å². The Hall–Kier alpha value is -2.07. The molecule has 17 heavy (non-hydrogen) atoms. The van der Waals surface area contributed by atoms with Crippen molar-refractivity contribution in [2.24, 2.45) is 17.2 Å². The fourth-order valence-corrected chi connectivity index (χ4v) is 1.71. The fraction of sp³-hybridized carbons (Fsp3) is 0.154. The maximum atomic E-state index is 7.57. The van der Waals surface area contributed by atoms with Crippen molar-refractivity contribution in [3.8, 4) is 0 Å². The predicted molar refractivity (Wildman–Crippen MR) is 72.3 cm³/mol. The summed E-state index contributed by atoms with van der Waals surface area (Å²) < 4.78 is 0. The van der Waals surface area contributed by atoms with Crippen LogP contribution in [0, 0.1) is 5.41 Å². The van der Waals surface area contributed by atoms with Gasteiger partial charge in [-0.1, -0.05) is 30.9 Å². The molecule has 0 saturated carbocycles. The van der Waals surface area contributed by atoms with Crippen molar-refractivity contribution in [2.75, 3.05) is 0 Å². The van der Waals surface area contributed by atoms with Gasteiger partial charge in [-0.15, -0.1) is 0 Å². The van der Waals surface area contributed by atoms with Crippen LogP contribution >= 0.6 is 0 Å². The molecule has 0 bridgehead atoms. The third-order valence-electron chi connectivity index (χ3n) is 2.55. The van der Waals surface area contributed by atoms with Gasteiger partial charge in [0, 0.05) is 11.3 Å². The van der Waals surface area contributed by atoms with E-state index in [9.17, 15) is 0 Å². The van der Waals surface area contributed by atoms with Gasteiger partial charge < -0.3 is 17.2 Å². The molecule has 1 aliphatic rings. The second-order valence-electron chi connectivity index (χ2n) is 3.72. The van der Waals surface area contributed by atoms with E-state index < -0.39 is 6.04 Å². The van der Waals surface area contributed by atoms with Crippen LogP contribution in [0.3, 0.4) is 0 Å². The minimum atomic E-state index is -0.455. The number of nitrogens with one attached hydrogen (secondary N) is 1. The molecule has 0 radical (unpaired) electrons. The molecule has 0 amide bonds. The molecule has 0 saturated heterocycles. The largest absolute Gasteiger partial charge is 0.400 e. The number of nitrogens with two attached hydrogens (primary N) is 3. The topological polar surface area (TPSA) is 102 Å². The number of rotatable bonds is 3. The van der Waals surface area contributed by atoms with E-state index in [1.807, 2.05) is 19.1 Å². The molecule has 7 N–H and O–H groups in total. The highest BCUT2D eigenvalue weighted by Crippen LogP contribution is 2.26. The van der Waals surface area contributed by atoms with E-state index in [-0.39, 0.29) is 5.84 Å². The number of hydrogen-bond donors (Lipinski definition) is 4. The Balaban J connectivity index is 3.39. The van der Waals surface area contributed by atoms with E-state index in [0.717, 1.165) is 11.1 Å². The molecule has 1 atom stereocenters. The van der Waals surface area contributed by atoms with Gasteiger partial charge in [-0.25, -0.2) is 0 Å². The second-order valence-corrected chi connectivity index (χ2v) is 3.72. The molecule has 0 aromatic carbocycles. The minimum absolute atomic E-state index is 0.0250. The summed E-state index contributed by atoms with van der Waals surface area (Å²) in [7, 11) is 0. The Morgan fingerprint density at radius 3 is 2.65 bits per heavy atom. The second kappa shape index (κ2) is 5.32. The highest BCUT2D eigenvalue weighted by atomic mass is 14.8. The molecular formula is C13H18N4. The van der Waals surface area contributed by atoms with Crippen LogP contribution in [0.4, 0.5) is 0 Å². The molecule has 0 heterocycles. The molecule has 1 rings (SSSR count). The maximum absolute atomic E-state index is 7.57. The smallest absolute Gasteiger partial charge is 0.123 e. The number of allylic oxidation sites excluding steroid dienone is 6. The van der Waals surface area contributed by atoms with Crippen molar-refractivity contribution in [3.05, 3.63) is 59.4 Å². The minimum Gasteiger partial charge on any atom is -0.400 e. The van der Waals surface area contributed by atoms with Crippen molar-refractivity contribution in [1.82, 2.24) is 0 Å². The van der Waals surface area contributed by atoms with Crippen molar-refractivity contribution in [3.63, 3.8) is 0 Å². The lowest BCUT2D eigenvalue weighted by molar-refractivity contribution is 0.866. The van der Waals surface area contributed by atoms with Crippen LogP contribution in [0.2, 0.25) is 0 Å². The Bertz CT molecular complexity index is 464. The molecule has 4 heteroatoms. The van der Waals surface area contributed by atoms with Gasteiger partial charge >= 0.3 is 0 Å². The third-order valence-corrected chi connectivity index (χ3v) is 2.55. The van der Waals surface area contributed by atoms with Crippen molar-refractivity contribution >= 4 is 5.84 Å². The molecule has 0 aliphatic heterocycles. The van der Waals surface area contributed by atoms with Crippen LogP contribution in [0.25, 0.3) is 0 Å². The third kappa shape index (κ3) is 2.54. The summed E-state index contributed by atoms with van der Waals surface area (Å²) in [6.07, 6.45) is 8.83. The lowest BCUT2D eigenvalue weighted by Crippen LogP contribution is -2.36. The summed E-state index contributed by atoms with van der Waals surface area (Å²) in [5.41, 5.74) is 20.2. The summed E-state index contributed by atoms with van der Waals surface area (Å²) in [4.78, 5) is 0. The summed E-state index contributed by atoms with van der Waals surface area (Å²) in [5, 5.41) is 7.57. The molecule has 1 aliphatic carbocycles. The molecule has 1 unspecified atom stereocenters. The average molecular weight is 230 g/mol. The van der Waals surface area contributed by atoms with Crippen LogP contribution in [0.1, 0.15) is 6.92 Å². The Morgan fingerprint density at radius 1 is 1.53 bits per heavy atom. The van der Waals surface area contributed by atoms with Gasteiger partial charge in [0.2, 0.25) is 0 Å². The molecule has 0 aromatic rings. The first-order valence-electron chi connectivity index (χ1n) is 5.29. The highest BCUT2D eigenvalue weighted by Gasteiger charge is 2.23. The lowest BCUT2D eigenvalue weighted by Gasteiger charge is -2.25. The SMILES string of the molecule is C=C/C=C1/C(C(=N)N)=CC(/C=C\C)=C(N)C1N. The van der Waals surface area contributed by atoms with Crippen molar-refractivity contribution in [1.29, 1.82) is 5.41 Å². The number of amidine groups is 1. The predicted octanol–water partition coefficient (Wildman–Crippen LogP) is 1.09. The average Bonchev–Trinajstić information content (AvgIpc) is 2.28.